The van der Waals surface area contributed by atoms with Crippen molar-refractivity contribution in [2.75, 3.05) is 31.1 Å². The second kappa shape index (κ2) is 4.27. The molecular formula is C8H16N2O3S. The van der Waals surface area contributed by atoms with Gasteiger partial charge in [0.05, 0.1) is 11.5 Å². The number of hydrogen-bond donors (Lipinski definition) is 1. The van der Waals surface area contributed by atoms with Crippen molar-refractivity contribution in [2.24, 2.45) is 11.7 Å². The maximum absolute atomic E-state index is 11.6. The summed E-state index contributed by atoms with van der Waals surface area (Å²) in [5, 5.41) is 0. The lowest BCUT2D eigenvalue weighted by molar-refractivity contribution is -0.134. The quantitative estimate of drug-likeness (QED) is 0.636. The zero-order valence-corrected chi connectivity index (χ0v) is 9.09. The van der Waals surface area contributed by atoms with Crippen molar-refractivity contribution < 1.29 is 13.2 Å². The third-order valence-electron chi connectivity index (χ3n) is 2.43. The Hall–Kier alpha value is -0.620. The van der Waals surface area contributed by atoms with Gasteiger partial charge in [0.25, 0.3) is 0 Å². The van der Waals surface area contributed by atoms with E-state index in [1.807, 2.05) is 0 Å². The fourth-order valence-electron chi connectivity index (χ4n) is 1.35. The predicted molar refractivity (Wildman–Crippen MR) is 53.5 cm³/mol. The maximum Gasteiger partial charge on any atom is 0.226 e. The second-order valence-corrected chi connectivity index (χ2v) is 5.92. The molecule has 1 aliphatic heterocycles. The largest absolute Gasteiger partial charge is 0.340 e. The highest BCUT2D eigenvalue weighted by molar-refractivity contribution is 7.91. The summed E-state index contributed by atoms with van der Waals surface area (Å²) in [6.07, 6.45) is 0. The summed E-state index contributed by atoms with van der Waals surface area (Å²) in [4.78, 5) is 13.2. The molecule has 1 amide bonds. The summed E-state index contributed by atoms with van der Waals surface area (Å²) in [5.41, 5.74) is 5.37. The highest BCUT2D eigenvalue weighted by Crippen LogP contribution is 2.07. The van der Waals surface area contributed by atoms with Gasteiger partial charge in [-0.05, 0) is 0 Å². The average Bonchev–Trinajstić information content (AvgIpc) is 2.15. The summed E-state index contributed by atoms with van der Waals surface area (Å²) in [7, 11) is -2.91. The van der Waals surface area contributed by atoms with Gasteiger partial charge in [-0.1, -0.05) is 6.92 Å². The monoisotopic (exact) mass is 220 g/mol. The summed E-state index contributed by atoms with van der Waals surface area (Å²) in [6, 6.07) is 0. The van der Waals surface area contributed by atoms with E-state index in [2.05, 4.69) is 0 Å². The van der Waals surface area contributed by atoms with Gasteiger partial charge in [-0.2, -0.15) is 0 Å². The van der Waals surface area contributed by atoms with Crippen molar-refractivity contribution in [3.63, 3.8) is 0 Å². The molecule has 0 bridgehead atoms. The molecule has 1 rings (SSSR count). The van der Waals surface area contributed by atoms with Gasteiger partial charge in [0, 0.05) is 25.6 Å². The molecule has 0 aromatic heterocycles. The van der Waals surface area contributed by atoms with Crippen LogP contribution in [0.15, 0.2) is 0 Å². The van der Waals surface area contributed by atoms with Gasteiger partial charge in [0.1, 0.15) is 0 Å². The molecule has 2 N–H and O–H groups in total. The van der Waals surface area contributed by atoms with Crippen LogP contribution in [-0.4, -0.2) is 50.4 Å². The van der Waals surface area contributed by atoms with E-state index < -0.39 is 9.84 Å². The van der Waals surface area contributed by atoms with Gasteiger partial charge in [0.15, 0.2) is 9.84 Å². The third kappa shape index (κ3) is 2.68. The molecule has 1 fully saturated rings. The Balaban J connectivity index is 2.54. The van der Waals surface area contributed by atoms with E-state index in [1.165, 1.54) is 0 Å². The Morgan fingerprint density at radius 3 is 2.36 bits per heavy atom. The topological polar surface area (TPSA) is 80.5 Å². The molecule has 0 saturated carbocycles. The number of nitrogens with zero attached hydrogens (tertiary/aromatic N) is 1. The van der Waals surface area contributed by atoms with Crippen molar-refractivity contribution >= 4 is 15.7 Å². The third-order valence-corrected chi connectivity index (χ3v) is 4.04. The second-order valence-electron chi connectivity index (χ2n) is 3.61. The fraction of sp³-hybridized carbons (Fsp3) is 0.875. The average molecular weight is 220 g/mol. The first-order valence-electron chi connectivity index (χ1n) is 4.65. The van der Waals surface area contributed by atoms with Crippen LogP contribution in [0.3, 0.4) is 0 Å². The van der Waals surface area contributed by atoms with Crippen LogP contribution >= 0.6 is 0 Å². The normalized spacial score (nSPS) is 23.1. The standard InChI is InChI=1S/C8H16N2O3S/c1-7(6-9)8(11)10-2-4-14(12,13)5-3-10/h7H,2-6,9H2,1H3. The molecular weight excluding hydrogens is 204 g/mol. The van der Waals surface area contributed by atoms with Gasteiger partial charge in [-0.3, -0.25) is 4.79 Å². The number of carbonyl (C=O) groups excluding carboxylic acids is 1. The molecule has 0 spiro atoms. The van der Waals surface area contributed by atoms with Crippen LogP contribution in [0.5, 0.6) is 0 Å². The molecule has 5 nitrogen and oxygen atoms in total. The highest BCUT2D eigenvalue weighted by Gasteiger charge is 2.26. The van der Waals surface area contributed by atoms with Crippen molar-refractivity contribution in [1.29, 1.82) is 0 Å². The van der Waals surface area contributed by atoms with Crippen LogP contribution in [0.25, 0.3) is 0 Å². The summed E-state index contributed by atoms with van der Waals surface area (Å²) >= 11 is 0. The molecule has 0 aliphatic carbocycles. The van der Waals surface area contributed by atoms with E-state index >= 15 is 0 Å². The zero-order chi connectivity index (χ0) is 10.8. The molecule has 14 heavy (non-hydrogen) atoms. The molecule has 1 atom stereocenters. The predicted octanol–water partition coefficient (Wildman–Crippen LogP) is -1.16. The van der Waals surface area contributed by atoms with Crippen LogP contribution < -0.4 is 5.73 Å². The Labute approximate surface area is 84.2 Å². The van der Waals surface area contributed by atoms with Crippen molar-refractivity contribution in [3.8, 4) is 0 Å². The molecule has 1 heterocycles. The number of nitrogens with two attached hydrogens (primary N) is 1. The van der Waals surface area contributed by atoms with Crippen LogP contribution in [-0.2, 0) is 14.6 Å². The SMILES string of the molecule is CC(CN)C(=O)N1CCS(=O)(=O)CC1. The van der Waals surface area contributed by atoms with Crippen LogP contribution in [0.1, 0.15) is 6.92 Å². The number of sulfone groups is 1. The summed E-state index contributed by atoms with van der Waals surface area (Å²) < 4.78 is 22.2. The number of rotatable bonds is 2. The van der Waals surface area contributed by atoms with E-state index in [9.17, 15) is 13.2 Å². The van der Waals surface area contributed by atoms with Crippen LogP contribution in [0.4, 0.5) is 0 Å². The van der Waals surface area contributed by atoms with Gasteiger partial charge in [-0.15, -0.1) is 0 Å². The van der Waals surface area contributed by atoms with E-state index in [-0.39, 0.29) is 23.3 Å². The maximum atomic E-state index is 11.6. The van der Waals surface area contributed by atoms with Gasteiger partial charge < -0.3 is 10.6 Å². The lowest BCUT2D eigenvalue weighted by atomic mass is 10.1. The lowest BCUT2D eigenvalue weighted by Crippen LogP contribution is -2.46. The van der Waals surface area contributed by atoms with E-state index in [0.717, 1.165) is 0 Å². The Morgan fingerprint density at radius 1 is 1.43 bits per heavy atom. The minimum absolute atomic E-state index is 0.0394. The number of carbonyl (C=O) groups is 1. The lowest BCUT2D eigenvalue weighted by Gasteiger charge is -2.28. The number of hydrogen-bond acceptors (Lipinski definition) is 4. The van der Waals surface area contributed by atoms with E-state index in [4.69, 9.17) is 5.73 Å². The van der Waals surface area contributed by atoms with E-state index in [1.54, 1.807) is 11.8 Å². The van der Waals surface area contributed by atoms with Crippen molar-refractivity contribution in [1.82, 2.24) is 4.90 Å². The molecule has 1 aliphatic rings. The number of amides is 1. The molecule has 1 unspecified atom stereocenters. The molecule has 82 valence electrons. The first-order valence-corrected chi connectivity index (χ1v) is 6.47. The van der Waals surface area contributed by atoms with Gasteiger partial charge in [0.2, 0.25) is 5.91 Å². The molecule has 0 aromatic rings. The zero-order valence-electron chi connectivity index (χ0n) is 8.27. The molecule has 1 saturated heterocycles. The Morgan fingerprint density at radius 2 is 1.93 bits per heavy atom. The summed E-state index contributed by atoms with van der Waals surface area (Å²) in [6.45, 7) is 2.69. The minimum atomic E-state index is -2.91. The first kappa shape index (κ1) is 11.5. The molecule has 0 radical (unpaired) electrons. The fourth-order valence-corrected chi connectivity index (χ4v) is 2.55. The Kier molecular flexibility index (Phi) is 3.49. The minimum Gasteiger partial charge on any atom is -0.340 e. The first-order chi connectivity index (χ1) is 6.46. The highest BCUT2D eigenvalue weighted by atomic mass is 32.2. The van der Waals surface area contributed by atoms with Crippen molar-refractivity contribution in [2.45, 2.75) is 6.92 Å². The van der Waals surface area contributed by atoms with Crippen molar-refractivity contribution in [3.05, 3.63) is 0 Å². The van der Waals surface area contributed by atoms with Gasteiger partial charge >= 0.3 is 0 Å². The van der Waals surface area contributed by atoms with Crippen LogP contribution in [0.2, 0.25) is 0 Å². The summed E-state index contributed by atoms with van der Waals surface area (Å²) in [5.74, 6) is -0.0929. The van der Waals surface area contributed by atoms with E-state index in [0.29, 0.717) is 19.6 Å². The van der Waals surface area contributed by atoms with Crippen LogP contribution in [0, 0.1) is 5.92 Å². The smallest absolute Gasteiger partial charge is 0.226 e. The molecule has 6 heteroatoms. The molecule has 0 aromatic carbocycles. The van der Waals surface area contributed by atoms with Gasteiger partial charge in [-0.25, -0.2) is 8.42 Å². The Bertz CT molecular complexity index is 299.